The summed E-state index contributed by atoms with van der Waals surface area (Å²) >= 11 is 0. The van der Waals surface area contributed by atoms with Gasteiger partial charge in [-0.05, 0) is 102 Å². The molecule has 4 aromatic carbocycles. The van der Waals surface area contributed by atoms with Crippen molar-refractivity contribution in [1.29, 1.82) is 0 Å². The van der Waals surface area contributed by atoms with Crippen molar-refractivity contribution in [2.45, 2.75) is 69.2 Å². The fraction of sp³-hybridized carbons (Fsp3) is 0.238. The topological polar surface area (TPSA) is 13.0 Å². The first-order valence-electron chi connectivity index (χ1n) is 16.0. The summed E-state index contributed by atoms with van der Waals surface area (Å²) in [7, 11) is 0. The fourth-order valence-electron chi connectivity index (χ4n) is 7.23. The predicted molar refractivity (Wildman–Crippen MR) is 199 cm³/mol. The normalized spacial score (nSPS) is 13.7. The quantitative estimate of drug-likeness (QED) is 0.201. The minimum atomic E-state index is 0. The van der Waals surface area contributed by atoms with Gasteiger partial charge in [0.1, 0.15) is 0 Å². The predicted octanol–water partition coefficient (Wildman–Crippen LogP) is 10.7. The van der Waals surface area contributed by atoms with Crippen LogP contribution in [0.2, 0.25) is 0 Å². The average molecular weight is 668 g/mol. The van der Waals surface area contributed by atoms with Crippen molar-refractivity contribution in [3.05, 3.63) is 167 Å². The molecule has 0 atom stereocenters. The van der Waals surface area contributed by atoms with Gasteiger partial charge in [-0.25, -0.2) is 0 Å². The molecule has 47 heavy (non-hydrogen) atoms. The van der Waals surface area contributed by atoms with Crippen LogP contribution in [0.25, 0.3) is 0 Å². The van der Waals surface area contributed by atoms with Gasteiger partial charge in [-0.3, -0.25) is 0 Å². The number of nitrogens with zero attached hydrogens (tertiary/aromatic N) is 4. The number of hydrogen-bond donors (Lipinski definition) is 0. The van der Waals surface area contributed by atoms with Gasteiger partial charge < -0.3 is 19.6 Å². The van der Waals surface area contributed by atoms with Crippen LogP contribution in [0.5, 0.6) is 0 Å². The average Bonchev–Trinajstić information content (AvgIpc) is 3.57. The number of benzene rings is 4. The van der Waals surface area contributed by atoms with Crippen LogP contribution in [-0.2, 0) is 16.8 Å². The standard InChI is InChI=1S/2C21H24N2.Co/c2*1-14-9-16(3)20(17(4)10-14)22-7-8-23(13-22)21-18(5)11-15(2)12-19(21)6;/h2*7-13H,3H2,1-2,4-6H3;/q2*-2;. The van der Waals surface area contributed by atoms with Crippen molar-refractivity contribution in [2.24, 2.45) is 0 Å². The third-order valence-electron chi connectivity index (χ3n) is 8.62. The van der Waals surface area contributed by atoms with Crippen LogP contribution in [0.1, 0.15) is 66.8 Å². The van der Waals surface area contributed by atoms with Gasteiger partial charge >= 0.3 is 0 Å². The van der Waals surface area contributed by atoms with E-state index in [1.165, 1.54) is 67.0 Å². The maximum Gasteiger partial charge on any atom is 0.0183 e. The Balaban J connectivity index is 0.000000208. The molecule has 2 aliphatic rings. The molecule has 0 spiro atoms. The molecule has 0 fully saturated rings. The van der Waals surface area contributed by atoms with E-state index in [4.69, 9.17) is 0 Å². The van der Waals surface area contributed by atoms with E-state index in [1.807, 2.05) is 0 Å². The van der Waals surface area contributed by atoms with Crippen LogP contribution in [0, 0.1) is 96.4 Å². The van der Waals surface area contributed by atoms with Crippen molar-refractivity contribution in [1.82, 2.24) is 0 Å². The Bertz CT molecular complexity index is 1490. The van der Waals surface area contributed by atoms with E-state index >= 15 is 0 Å². The van der Waals surface area contributed by atoms with Gasteiger partial charge in [0.25, 0.3) is 0 Å². The summed E-state index contributed by atoms with van der Waals surface area (Å²) in [6.07, 6.45) is 8.43. The summed E-state index contributed by atoms with van der Waals surface area (Å²) in [4.78, 5) is 8.72. The molecular formula is C42H48CoN4-4. The molecular weight excluding hydrogens is 619 g/mol. The van der Waals surface area contributed by atoms with Gasteiger partial charge in [0, 0.05) is 28.2 Å². The summed E-state index contributed by atoms with van der Waals surface area (Å²) in [5.74, 6) is 0. The van der Waals surface area contributed by atoms with Crippen molar-refractivity contribution >= 4 is 22.7 Å². The summed E-state index contributed by atoms with van der Waals surface area (Å²) in [6.45, 7) is 34.2. The first-order valence-corrected chi connectivity index (χ1v) is 16.0. The number of rotatable bonds is 4. The largest absolute Gasteiger partial charge is 0.532 e. The Morgan fingerprint density at radius 3 is 0.830 bits per heavy atom. The van der Waals surface area contributed by atoms with Crippen molar-refractivity contribution in [3.63, 3.8) is 0 Å². The summed E-state index contributed by atoms with van der Waals surface area (Å²) < 4.78 is 0. The molecule has 0 unspecified atom stereocenters. The smallest absolute Gasteiger partial charge is 0.0183 e. The Morgan fingerprint density at radius 1 is 0.362 bits per heavy atom. The minimum Gasteiger partial charge on any atom is -0.532 e. The molecule has 2 aliphatic heterocycles. The maximum atomic E-state index is 4.22. The molecule has 0 N–H and O–H groups in total. The van der Waals surface area contributed by atoms with Crippen molar-refractivity contribution in [3.8, 4) is 0 Å². The minimum absolute atomic E-state index is 0. The zero-order valence-corrected chi connectivity index (χ0v) is 30.7. The number of hydrogen-bond acceptors (Lipinski definition) is 4. The van der Waals surface area contributed by atoms with Gasteiger partial charge in [-0.2, -0.15) is 50.4 Å². The van der Waals surface area contributed by atoms with E-state index in [2.05, 4.69) is 189 Å². The van der Waals surface area contributed by atoms with Crippen LogP contribution in [0.4, 0.5) is 22.7 Å². The Labute approximate surface area is 294 Å². The third kappa shape index (κ3) is 7.53. The Morgan fingerprint density at radius 2 is 0.574 bits per heavy atom. The monoisotopic (exact) mass is 667 g/mol. The van der Waals surface area contributed by atoms with E-state index in [-0.39, 0.29) is 16.8 Å². The van der Waals surface area contributed by atoms with Gasteiger partial charge in [0.15, 0.2) is 0 Å². The van der Waals surface area contributed by atoms with Crippen molar-refractivity contribution in [2.75, 3.05) is 19.6 Å². The maximum absolute atomic E-state index is 4.22. The first-order chi connectivity index (χ1) is 21.7. The number of anilines is 4. The molecule has 2 heterocycles. The molecule has 0 saturated heterocycles. The number of aryl methyl sites for hydroxylation is 10. The molecule has 0 aliphatic carbocycles. The molecule has 0 bridgehead atoms. The molecule has 249 valence electrons. The third-order valence-corrected chi connectivity index (χ3v) is 8.62. The van der Waals surface area contributed by atoms with Gasteiger partial charge in [0.05, 0.1) is 0 Å². The summed E-state index contributed by atoms with van der Waals surface area (Å²) in [6, 6.07) is 17.6. The van der Waals surface area contributed by atoms with Crippen LogP contribution in [0.15, 0.2) is 73.3 Å². The van der Waals surface area contributed by atoms with Gasteiger partial charge in [0.2, 0.25) is 0 Å². The molecule has 0 aromatic heterocycles. The first kappa shape index (κ1) is 35.7. The van der Waals surface area contributed by atoms with Crippen LogP contribution >= 0.6 is 0 Å². The zero-order valence-electron chi connectivity index (χ0n) is 29.6. The van der Waals surface area contributed by atoms with Gasteiger partial charge in [-0.1, -0.05) is 83.9 Å². The van der Waals surface area contributed by atoms with E-state index in [0.29, 0.717) is 0 Å². The van der Waals surface area contributed by atoms with E-state index < -0.39 is 0 Å². The van der Waals surface area contributed by atoms with E-state index in [1.54, 1.807) is 0 Å². The molecule has 0 amide bonds. The van der Waals surface area contributed by atoms with Gasteiger partial charge in [-0.15, -0.1) is 11.1 Å². The second-order valence-corrected chi connectivity index (χ2v) is 13.1. The van der Waals surface area contributed by atoms with Crippen LogP contribution in [-0.4, -0.2) is 0 Å². The summed E-state index contributed by atoms with van der Waals surface area (Å²) in [5.41, 5.74) is 19.7. The van der Waals surface area contributed by atoms with Crippen LogP contribution < -0.4 is 19.6 Å². The Kier molecular flexibility index (Phi) is 10.8. The molecule has 4 aromatic rings. The second kappa shape index (κ2) is 14.3. The zero-order chi connectivity index (χ0) is 33.4. The fourth-order valence-corrected chi connectivity index (χ4v) is 7.23. The van der Waals surface area contributed by atoms with E-state index in [9.17, 15) is 0 Å². The second-order valence-electron chi connectivity index (χ2n) is 13.1. The van der Waals surface area contributed by atoms with Crippen molar-refractivity contribution < 1.29 is 16.8 Å². The van der Waals surface area contributed by atoms with Crippen LogP contribution in [0.3, 0.4) is 0 Å². The molecule has 5 heteroatoms. The SMILES string of the molecule is [CH2-]c1cc(C)cc(C)c1N1C=CN(c2c(C)cc(C)cc2C)[CH-]1.[CH2-]c1cc(C)cc(C)c1N1C=CN(c2c(C)cc(C)cc2C)[CH-]1.[Co]. The Hall–Kier alpha value is -4.19. The molecule has 4 nitrogen and oxygen atoms in total. The molecule has 1 radical (unpaired) electrons. The molecule has 6 rings (SSSR count). The summed E-state index contributed by atoms with van der Waals surface area (Å²) in [5, 5.41) is 0. The molecule has 0 saturated carbocycles. The van der Waals surface area contributed by atoms with E-state index in [0.717, 1.165) is 22.5 Å².